The first-order valence-electron chi connectivity index (χ1n) is 7.91. The van der Waals surface area contributed by atoms with Crippen molar-refractivity contribution >= 4 is 35.0 Å². The molecule has 2 aliphatic heterocycles. The van der Waals surface area contributed by atoms with Crippen LogP contribution in [0.3, 0.4) is 0 Å². The lowest BCUT2D eigenvalue weighted by Gasteiger charge is -2.34. The summed E-state index contributed by atoms with van der Waals surface area (Å²) in [6.07, 6.45) is 2.35. The zero-order valence-corrected chi connectivity index (χ0v) is 15.0. The van der Waals surface area contributed by atoms with E-state index in [4.69, 9.17) is 4.74 Å². The molecule has 124 valence electrons. The first-order chi connectivity index (χ1) is 11.2. The number of benzene rings is 1. The normalized spacial score (nSPS) is 26.4. The van der Waals surface area contributed by atoms with Gasteiger partial charge in [-0.25, -0.2) is 0 Å². The lowest BCUT2D eigenvalue weighted by Crippen LogP contribution is -2.58. The molecule has 2 heterocycles. The number of ether oxygens (including phenoxy) is 1. The van der Waals surface area contributed by atoms with Gasteiger partial charge in [-0.15, -0.1) is 23.5 Å². The monoisotopic (exact) mass is 350 g/mol. The van der Waals surface area contributed by atoms with E-state index in [0.29, 0.717) is 0 Å². The maximum Gasteiger partial charge on any atom is 0.231 e. The molecule has 3 atom stereocenters. The number of nitrogens with one attached hydrogen (secondary N) is 2. The topological polar surface area (TPSA) is 50.4 Å². The minimum Gasteiger partial charge on any atom is -0.497 e. The summed E-state index contributed by atoms with van der Waals surface area (Å²) < 4.78 is 5.20. The molecule has 3 rings (SSSR count). The van der Waals surface area contributed by atoms with E-state index in [1.54, 1.807) is 30.6 Å². The summed E-state index contributed by atoms with van der Waals surface area (Å²) >= 11 is 3.49. The first-order valence-corrected chi connectivity index (χ1v) is 9.90. The molecule has 2 N–H and O–H groups in total. The zero-order chi connectivity index (χ0) is 16.2. The minimum atomic E-state index is -0.128. The molecule has 23 heavy (non-hydrogen) atoms. The Balaban J connectivity index is 1.67. The molecule has 1 fully saturated rings. The van der Waals surface area contributed by atoms with Crippen molar-refractivity contribution in [2.45, 2.75) is 30.6 Å². The van der Waals surface area contributed by atoms with Crippen molar-refractivity contribution in [2.75, 3.05) is 12.9 Å². The summed E-state index contributed by atoms with van der Waals surface area (Å²) in [7, 11) is 1.66. The van der Waals surface area contributed by atoms with E-state index in [0.717, 1.165) is 22.6 Å². The second-order valence-corrected chi connectivity index (χ2v) is 7.84. The second-order valence-electron chi connectivity index (χ2n) is 5.62. The molecule has 6 heteroatoms. The second kappa shape index (κ2) is 7.64. The predicted molar refractivity (Wildman–Crippen MR) is 98.3 cm³/mol. The van der Waals surface area contributed by atoms with Gasteiger partial charge in [0.2, 0.25) is 5.91 Å². The van der Waals surface area contributed by atoms with Crippen LogP contribution in [0.25, 0.3) is 5.57 Å². The highest BCUT2D eigenvalue weighted by Gasteiger charge is 2.42. The van der Waals surface area contributed by atoms with E-state index in [1.807, 2.05) is 24.3 Å². The third-order valence-corrected chi connectivity index (χ3v) is 6.26. The number of thioether (sulfide) groups is 2. The van der Waals surface area contributed by atoms with Gasteiger partial charge in [-0.2, -0.15) is 0 Å². The highest BCUT2D eigenvalue weighted by atomic mass is 32.2. The Kier molecular flexibility index (Phi) is 5.56. The third-order valence-electron chi connectivity index (χ3n) is 4.06. The molecule has 1 aromatic carbocycles. The van der Waals surface area contributed by atoms with E-state index in [-0.39, 0.29) is 22.7 Å². The highest BCUT2D eigenvalue weighted by Crippen LogP contribution is 2.42. The Morgan fingerprint density at radius 1 is 1.30 bits per heavy atom. The SMILES string of the molecule is CCCCSC1NC(=O)C2C(c3ccc(OC)cc3)=CSC2N1. The zero-order valence-electron chi connectivity index (χ0n) is 13.4. The maximum absolute atomic E-state index is 12.6. The van der Waals surface area contributed by atoms with Crippen LogP contribution in [0.1, 0.15) is 25.3 Å². The van der Waals surface area contributed by atoms with Gasteiger partial charge in [0.15, 0.2) is 0 Å². The van der Waals surface area contributed by atoms with Gasteiger partial charge >= 0.3 is 0 Å². The molecule has 1 amide bonds. The number of fused-ring (bicyclic) bond motifs is 1. The number of carbonyl (C=O) groups excluding carboxylic acids is 1. The van der Waals surface area contributed by atoms with Crippen molar-refractivity contribution < 1.29 is 9.53 Å². The Hall–Kier alpha value is -1.11. The molecule has 2 aliphatic rings. The van der Waals surface area contributed by atoms with Crippen LogP contribution < -0.4 is 15.4 Å². The van der Waals surface area contributed by atoms with Crippen LogP contribution in [0.2, 0.25) is 0 Å². The van der Waals surface area contributed by atoms with Crippen molar-refractivity contribution in [1.82, 2.24) is 10.6 Å². The number of amides is 1. The smallest absolute Gasteiger partial charge is 0.231 e. The van der Waals surface area contributed by atoms with E-state index in [2.05, 4.69) is 23.0 Å². The number of hydrogen-bond donors (Lipinski definition) is 2. The molecule has 4 nitrogen and oxygen atoms in total. The van der Waals surface area contributed by atoms with Crippen molar-refractivity contribution in [1.29, 1.82) is 0 Å². The largest absolute Gasteiger partial charge is 0.497 e. The molecule has 0 saturated carbocycles. The molecular formula is C17H22N2O2S2. The number of methoxy groups -OCH3 is 1. The molecule has 0 aliphatic carbocycles. The summed E-state index contributed by atoms with van der Waals surface area (Å²) in [5, 5.41) is 8.89. The van der Waals surface area contributed by atoms with Crippen molar-refractivity contribution in [2.24, 2.45) is 5.92 Å². The van der Waals surface area contributed by atoms with Crippen molar-refractivity contribution in [3.05, 3.63) is 35.2 Å². The molecule has 0 spiro atoms. The van der Waals surface area contributed by atoms with Crippen LogP contribution in [0, 0.1) is 5.92 Å². The van der Waals surface area contributed by atoms with Crippen LogP contribution in [0.5, 0.6) is 5.75 Å². The van der Waals surface area contributed by atoms with Gasteiger partial charge in [0.05, 0.1) is 18.4 Å². The Labute approximate surface area is 145 Å². The van der Waals surface area contributed by atoms with Gasteiger partial charge in [-0.1, -0.05) is 25.5 Å². The Morgan fingerprint density at radius 3 is 2.78 bits per heavy atom. The summed E-state index contributed by atoms with van der Waals surface area (Å²) in [6, 6.07) is 7.91. The van der Waals surface area contributed by atoms with E-state index in [9.17, 15) is 4.79 Å². The van der Waals surface area contributed by atoms with Crippen molar-refractivity contribution in [3.8, 4) is 5.75 Å². The van der Waals surface area contributed by atoms with E-state index < -0.39 is 0 Å². The van der Waals surface area contributed by atoms with Crippen LogP contribution in [-0.2, 0) is 4.79 Å². The molecule has 0 radical (unpaired) electrons. The van der Waals surface area contributed by atoms with Crippen LogP contribution >= 0.6 is 23.5 Å². The van der Waals surface area contributed by atoms with Gasteiger partial charge in [0, 0.05) is 0 Å². The predicted octanol–water partition coefficient (Wildman–Crippen LogP) is 3.26. The number of carbonyl (C=O) groups is 1. The van der Waals surface area contributed by atoms with Gasteiger partial charge < -0.3 is 10.1 Å². The average Bonchev–Trinajstić information content (AvgIpc) is 3.00. The van der Waals surface area contributed by atoms with Crippen molar-refractivity contribution in [3.63, 3.8) is 0 Å². The summed E-state index contributed by atoms with van der Waals surface area (Å²) in [5.41, 5.74) is 2.19. The van der Waals surface area contributed by atoms with Crippen LogP contribution in [0.15, 0.2) is 29.7 Å². The molecular weight excluding hydrogens is 328 g/mol. The van der Waals surface area contributed by atoms with E-state index >= 15 is 0 Å². The molecule has 1 saturated heterocycles. The van der Waals surface area contributed by atoms with Crippen LogP contribution in [0.4, 0.5) is 0 Å². The van der Waals surface area contributed by atoms with Gasteiger partial charge in [0.25, 0.3) is 0 Å². The molecule has 0 bridgehead atoms. The highest BCUT2D eigenvalue weighted by molar-refractivity contribution is 8.03. The molecule has 0 aromatic heterocycles. The quantitative estimate of drug-likeness (QED) is 0.771. The standard InChI is InChI=1S/C17H22N2O2S2/c1-3-4-9-22-17-18-15(20)14-13(10-23-16(14)19-17)11-5-7-12(21-2)8-6-11/h5-8,10,14,16-17,19H,3-4,9H2,1-2H3,(H,18,20). The number of rotatable bonds is 6. The third kappa shape index (κ3) is 3.70. The average molecular weight is 351 g/mol. The Morgan fingerprint density at radius 2 is 2.09 bits per heavy atom. The van der Waals surface area contributed by atoms with Gasteiger partial charge in [-0.05, 0) is 40.9 Å². The Bertz CT molecular complexity index is 589. The summed E-state index contributed by atoms with van der Waals surface area (Å²) in [5.74, 6) is 1.89. The fraction of sp³-hybridized carbons (Fsp3) is 0.471. The lowest BCUT2D eigenvalue weighted by atomic mass is 9.92. The maximum atomic E-state index is 12.6. The first kappa shape index (κ1) is 16.7. The molecule has 1 aromatic rings. The summed E-state index contributed by atoms with van der Waals surface area (Å²) in [6.45, 7) is 2.18. The minimum absolute atomic E-state index is 0.0198. The van der Waals surface area contributed by atoms with Gasteiger partial charge in [0.1, 0.15) is 11.2 Å². The number of unbranched alkanes of at least 4 members (excludes halogenated alkanes) is 1. The van der Waals surface area contributed by atoms with Gasteiger partial charge in [-0.3, -0.25) is 10.1 Å². The van der Waals surface area contributed by atoms with E-state index in [1.165, 1.54) is 12.8 Å². The lowest BCUT2D eigenvalue weighted by molar-refractivity contribution is -0.125. The molecule has 3 unspecified atom stereocenters. The van der Waals surface area contributed by atoms with Crippen LogP contribution in [-0.4, -0.2) is 29.6 Å². The number of hydrogen-bond acceptors (Lipinski definition) is 5. The fourth-order valence-electron chi connectivity index (χ4n) is 2.75. The fourth-order valence-corrected chi connectivity index (χ4v) is 5.19. The summed E-state index contributed by atoms with van der Waals surface area (Å²) in [4.78, 5) is 12.6.